The average Bonchev–Trinajstić information content (AvgIpc) is 2.90. The van der Waals surface area contributed by atoms with Crippen LogP contribution in [-0.4, -0.2) is 35.5 Å². The molecular weight excluding hydrogens is 274 g/mol. The maximum atomic E-state index is 12.0. The van der Waals surface area contributed by atoms with Crippen LogP contribution < -0.4 is 5.73 Å². The summed E-state index contributed by atoms with van der Waals surface area (Å²) in [4.78, 5) is 27.3. The van der Waals surface area contributed by atoms with E-state index >= 15 is 0 Å². The van der Waals surface area contributed by atoms with Crippen molar-refractivity contribution in [2.24, 2.45) is 10.8 Å². The highest BCUT2D eigenvalue weighted by molar-refractivity contribution is 5.85. The summed E-state index contributed by atoms with van der Waals surface area (Å²) < 4.78 is 5.16. The third-order valence-corrected chi connectivity index (χ3v) is 3.26. The summed E-state index contributed by atoms with van der Waals surface area (Å²) >= 11 is 0. The summed E-state index contributed by atoms with van der Waals surface area (Å²) in [6.45, 7) is 0.235. The van der Waals surface area contributed by atoms with Crippen LogP contribution >= 0.6 is 0 Å². The number of azide groups is 1. The van der Waals surface area contributed by atoms with Crippen LogP contribution in [0.4, 0.5) is 4.79 Å². The minimum atomic E-state index is -0.802. The fourth-order valence-corrected chi connectivity index (χ4v) is 2.24. The van der Waals surface area contributed by atoms with Gasteiger partial charge >= 0.3 is 6.09 Å². The van der Waals surface area contributed by atoms with Crippen molar-refractivity contribution in [3.8, 4) is 0 Å². The molecule has 1 aromatic carbocycles. The molecule has 1 fully saturated rings. The number of hydrogen-bond acceptors (Lipinski definition) is 4. The van der Waals surface area contributed by atoms with Crippen molar-refractivity contribution in [3.05, 3.63) is 46.3 Å². The molecule has 0 spiro atoms. The number of likely N-dealkylation sites (tertiary alicyclic amines) is 1. The number of primary amides is 1. The number of carbonyl (C=O) groups is 2. The smallest absolute Gasteiger partial charge is 0.410 e. The fraction of sp³-hybridized carbons (Fsp3) is 0.385. The molecule has 0 saturated carbocycles. The maximum Gasteiger partial charge on any atom is 0.410 e. The monoisotopic (exact) mass is 289 g/mol. The van der Waals surface area contributed by atoms with E-state index in [4.69, 9.17) is 16.0 Å². The molecule has 1 aliphatic heterocycles. The molecule has 2 rings (SSSR count). The van der Waals surface area contributed by atoms with Crippen molar-refractivity contribution in [1.82, 2.24) is 4.90 Å². The molecule has 8 heteroatoms. The average molecular weight is 289 g/mol. The molecule has 2 atom stereocenters. The number of benzene rings is 1. The van der Waals surface area contributed by atoms with Crippen LogP contribution in [0.5, 0.6) is 0 Å². The van der Waals surface area contributed by atoms with Crippen molar-refractivity contribution in [2.45, 2.75) is 25.1 Å². The topological polar surface area (TPSA) is 121 Å². The molecule has 1 aromatic rings. The highest BCUT2D eigenvalue weighted by Crippen LogP contribution is 2.21. The third kappa shape index (κ3) is 3.64. The van der Waals surface area contributed by atoms with E-state index in [1.165, 1.54) is 4.90 Å². The van der Waals surface area contributed by atoms with E-state index < -0.39 is 24.1 Å². The Labute approximate surface area is 121 Å². The second-order valence-electron chi connectivity index (χ2n) is 4.71. The number of nitrogens with zero attached hydrogens (tertiary/aromatic N) is 4. The molecule has 21 heavy (non-hydrogen) atoms. The van der Waals surface area contributed by atoms with Gasteiger partial charge in [0.1, 0.15) is 12.6 Å². The van der Waals surface area contributed by atoms with Gasteiger partial charge in [0.2, 0.25) is 5.91 Å². The van der Waals surface area contributed by atoms with Crippen LogP contribution in [-0.2, 0) is 16.1 Å². The second kappa shape index (κ2) is 6.62. The molecule has 0 radical (unpaired) electrons. The summed E-state index contributed by atoms with van der Waals surface area (Å²) in [7, 11) is 0. The van der Waals surface area contributed by atoms with Gasteiger partial charge in [-0.05, 0) is 17.5 Å². The van der Waals surface area contributed by atoms with E-state index in [9.17, 15) is 9.59 Å². The highest BCUT2D eigenvalue weighted by atomic mass is 16.6. The van der Waals surface area contributed by atoms with Crippen LogP contribution in [0.15, 0.2) is 35.4 Å². The van der Waals surface area contributed by atoms with Gasteiger partial charge in [-0.3, -0.25) is 9.69 Å². The Morgan fingerprint density at radius 1 is 1.43 bits per heavy atom. The second-order valence-corrected chi connectivity index (χ2v) is 4.71. The lowest BCUT2D eigenvalue weighted by Crippen LogP contribution is -2.43. The lowest BCUT2D eigenvalue weighted by atomic mass is 10.2. The van der Waals surface area contributed by atoms with Gasteiger partial charge in [0.15, 0.2) is 0 Å². The first kappa shape index (κ1) is 14.7. The zero-order chi connectivity index (χ0) is 15.2. The molecule has 110 valence electrons. The number of ether oxygens (including phenoxy) is 1. The minimum Gasteiger partial charge on any atom is -0.445 e. The summed E-state index contributed by atoms with van der Waals surface area (Å²) in [6.07, 6.45) is -0.418. The van der Waals surface area contributed by atoms with Crippen molar-refractivity contribution in [3.63, 3.8) is 0 Å². The Morgan fingerprint density at radius 3 is 2.76 bits per heavy atom. The van der Waals surface area contributed by atoms with Crippen LogP contribution in [0.3, 0.4) is 0 Å². The molecule has 2 unspecified atom stereocenters. The normalized spacial score (nSPS) is 20.7. The molecule has 0 aromatic heterocycles. The Hall–Kier alpha value is -2.73. The highest BCUT2D eigenvalue weighted by Gasteiger charge is 2.39. The van der Waals surface area contributed by atoms with Gasteiger partial charge in [-0.25, -0.2) is 4.79 Å². The van der Waals surface area contributed by atoms with Crippen molar-refractivity contribution in [1.29, 1.82) is 0 Å². The first-order chi connectivity index (χ1) is 10.1. The van der Waals surface area contributed by atoms with Crippen molar-refractivity contribution < 1.29 is 14.3 Å². The van der Waals surface area contributed by atoms with Gasteiger partial charge < -0.3 is 10.5 Å². The van der Waals surface area contributed by atoms with E-state index in [1.807, 2.05) is 30.3 Å². The third-order valence-electron chi connectivity index (χ3n) is 3.26. The van der Waals surface area contributed by atoms with E-state index in [2.05, 4.69) is 10.0 Å². The number of hydrogen-bond donors (Lipinski definition) is 1. The molecule has 0 aliphatic carbocycles. The van der Waals surface area contributed by atoms with E-state index in [0.29, 0.717) is 0 Å². The van der Waals surface area contributed by atoms with E-state index in [-0.39, 0.29) is 19.6 Å². The Kier molecular flexibility index (Phi) is 4.63. The fourth-order valence-electron chi connectivity index (χ4n) is 2.24. The molecule has 1 aliphatic rings. The van der Waals surface area contributed by atoms with E-state index in [1.54, 1.807) is 0 Å². The number of rotatable bonds is 4. The van der Waals surface area contributed by atoms with Gasteiger partial charge in [0, 0.05) is 11.5 Å². The van der Waals surface area contributed by atoms with Gasteiger partial charge in [0.25, 0.3) is 0 Å². The first-order valence-corrected chi connectivity index (χ1v) is 6.42. The first-order valence-electron chi connectivity index (χ1n) is 6.42. The predicted molar refractivity (Wildman–Crippen MR) is 73.9 cm³/mol. The number of amides is 2. The Morgan fingerprint density at radius 2 is 2.14 bits per heavy atom. The summed E-state index contributed by atoms with van der Waals surface area (Å²) in [5.74, 6) is -0.637. The Balaban J connectivity index is 1.99. The lowest BCUT2D eigenvalue weighted by Gasteiger charge is -2.21. The van der Waals surface area contributed by atoms with E-state index in [0.717, 1.165) is 5.56 Å². The van der Waals surface area contributed by atoms with Crippen LogP contribution in [0.2, 0.25) is 0 Å². The standard InChI is InChI=1S/C13H15N5O3/c14-12(19)11-6-10(16-17-15)7-18(11)13(20)21-8-9-4-2-1-3-5-9/h1-5,10-11H,6-8H2,(H2,14,19). The molecule has 1 heterocycles. The largest absolute Gasteiger partial charge is 0.445 e. The SMILES string of the molecule is [N-]=[N+]=NC1CC(C(N)=O)N(C(=O)OCc2ccccc2)C1. The molecule has 1 saturated heterocycles. The number of carbonyl (C=O) groups excluding carboxylic acids is 2. The minimum absolute atomic E-state index is 0.105. The zero-order valence-electron chi connectivity index (χ0n) is 11.3. The van der Waals surface area contributed by atoms with Crippen LogP contribution in [0.1, 0.15) is 12.0 Å². The van der Waals surface area contributed by atoms with Gasteiger partial charge in [0.05, 0.1) is 6.04 Å². The quantitative estimate of drug-likeness (QED) is 0.514. The van der Waals surface area contributed by atoms with Crippen LogP contribution in [0, 0.1) is 0 Å². The molecule has 2 N–H and O–H groups in total. The summed E-state index contributed by atoms with van der Waals surface area (Å²) in [6, 6.07) is 7.92. The van der Waals surface area contributed by atoms with Crippen LogP contribution in [0.25, 0.3) is 10.4 Å². The Bertz CT molecular complexity index is 570. The summed E-state index contributed by atoms with van der Waals surface area (Å²) in [5, 5.41) is 3.53. The van der Waals surface area contributed by atoms with Crippen molar-refractivity contribution in [2.75, 3.05) is 6.54 Å². The van der Waals surface area contributed by atoms with Gasteiger partial charge in [-0.15, -0.1) is 0 Å². The molecular formula is C13H15N5O3. The molecule has 2 amide bonds. The zero-order valence-corrected chi connectivity index (χ0v) is 11.3. The molecule has 8 nitrogen and oxygen atoms in total. The summed E-state index contributed by atoms with van der Waals surface area (Å²) in [5.41, 5.74) is 14.5. The molecule has 0 bridgehead atoms. The van der Waals surface area contributed by atoms with Gasteiger partial charge in [-0.1, -0.05) is 35.4 Å². The maximum absolute atomic E-state index is 12.0. The van der Waals surface area contributed by atoms with Crippen molar-refractivity contribution >= 4 is 12.0 Å². The predicted octanol–water partition coefficient (Wildman–Crippen LogP) is 1.56. The lowest BCUT2D eigenvalue weighted by molar-refractivity contribution is -0.121. The number of nitrogens with two attached hydrogens (primary N) is 1. The van der Waals surface area contributed by atoms with Gasteiger partial charge in [-0.2, -0.15) is 0 Å².